The number of likely N-dealkylation sites (N-methyl/N-ethyl adjacent to an activating group) is 2. The van der Waals surface area contributed by atoms with Gasteiger partial charge in [-0.2, -0.15) is 0 Å². The molecular weight excluding hydrogens is 368 g/mol. The lowest BCUT2D eigenvalue weighted by molar-refractivity contribution is 0.269. The molecule has 0 radical (unpaired) electrons. The van der Waals surface area contributed by atoms with Crippen LogP contribution in [0.5, 0.6) is 0 Å². The van der Waals surface area contributed by atoms with E-state index >= 15 is 0 Å². The second kappa shape index (κ2) is 10.5. The highest BCUT2D eigenvalue weighted by molar-refractivity contribution is 5.63. The van der Waals surface area contributed by atoms with Gasteiger partial charge in [-0.25, -0.2) is 0 Å². The molecule has 2 aromatic rings. The minimum atomic E-state index is 1.07. The molecule has 4 nitrogen and oxygen atoms in total. The van der Waals surface area contributed by atoms with Gasteiger partial charge in [0.25, 0.3) is 0 Å². The van der Waals surface area contributed by atoms with Crippen molar-refractivity contribution < 1.29 is 0 Å². The maximum absolute atomic E-state index is 2.59. The Hall–Kier alpha value is -1.72. The molecule has 30 heavy (non-hydrogen) atoms. The van der Waals surface area contributed by atoms with Crippen LogP contribution < -0.4 is 0 Å². The first-order valence-electron chi connectivity index (χ1n) is 11.7. The fourth-order valence-corrected chi connectivity index (χ4v) is 4.64. The topological polar surface area (TPSA) is 13.0 Å². The van der Waals surface area contributed by atoms with Gasteiger partial charge in [0.15, 0.2) is 0 Å². The molecule has 0 bridgehead atoms. The first-order chi connectivity index (χ1) is 14.7. The molecule has 0 aromatic heterocycles. The molecule has 4 rings (SSSR count). The molecule has 0 saturated carbocycles. The maximum atomic E-state index is 2.59. The second-order valence-electron chi connectivity index (χ2n) is 9.26. The Kier molecular flexibility index (Phi) is 7.56. The fraction of sp³-hybridized carbons (Fsp3) is 0.538. The third kappa shape index (κ3) is 6.14. The lowest BCUT2D eigenvalue weighted by atomic mass is 10.0. The Morgan fingerprint density at radius 2 is 0.900 bits per heavy atom. The van der Waals surface area contributed by atoms with Crippen LogP contribution in [0.3, 0.4) is 0 Å². The van der Waals surface area contributed by atoms with E-state index in [1.165, 1.54) is 87.5 Å². The normalized spacial score (nSPS) is 20.7. The molecular formula is C26H38N4. The molecule has 2 aromatic carbocycles. The van der Waals surface area contributed by atoms with E-state index in [0.717, 1.165) is 13.1 Å². The molecule has 0 amide bonds. The predicted octanol–water partition coefficient (Wildman–Crippen LogP) is 3.63. The molecule has 4 heteroatoms. The summed E-state index contributed by atoms with van der Waals surface area (Å²) in [6, 6.07) is 18.4. The average molecular weight is 407 g/mol. The second-order valence-corrected chi connectivity index (χ2v) is 9.26. The van der Waals surface area contributed by atoms with Crippen LogP contribution in [0.15, 0.2) is 48.5 Å². The van der Waals surface area contributed by atoms with E-state index in [0.29, 0.717) is 0 Å². The number of hydrogen-bond donors (Lipinski definition) is 0. The van der Waals surface area contributed by atoms with E-state index in [2.05, 4.69) is 82.2 Å². The molecule has 2 saturated heterocycles. The SMILES string of the molecule is CN1CCCN(Cc2ccc(-c3ccc(CN4CCCN(C)CC4)cc3)cc2)CC1. The quantitative estimate of drug-likeness (QED) is 0.752. The van der Waals surface area contributed by atoms with Crippen molar-refractivity contribution in [1.82, 2.24) is 19.6 Å². The summed E-state index contributed by atoms with van der Waals surface area (Å²) in [5, 5.41) is 0. The highest BCUT2D eigenvalue weighted by Crippen LogP contribution is 2.22. The van der Waals surface area contributed by atoms with Crippen LogP contribution in [0.2, 0.25) is 0 Å². The van der Waals surface area contributed by atoms with Crippen molar-refractivity contribution in [3.05, 3.63) is 59.7 Å². The highest BCUT2D eigenvalue weighted by atomic mass is 15.2. The summed E-state index contributed by atoms with van der Waals surface area (Å²) in [5.74, 6) is 0. The molecule has 0 unspecified atom stereocenters. The van der Waals surface area contributed by atoms with Crippen molar-refractivity contribution in [1.29, 1.82) is 0 Å². The van der Waals surface area contributed by atoms with Crippen LogP contribution in [-0.4, -0.2) is 86.1 Å². The van der Waals surface area contributed by atoms with E-state index in [9.17, 15) is 0 Å². The summed E-state index contributed by atoms with van der Waals surface area (Å²) < 4.78 is 0. The smallest absolute Gasteiger partial charge is 0.0234 e. The van der Waals surface area contributed by atoms with Crippen LogP contribution >= 0.6 is 0 Å². The van der Waals surface area contributed by atoms with Gasteiger partial charge in [0.2, 0.25) is 0 Å². The minimum absolute atomic E-state index is 1.07. The monoisotopic (exact) mass is 406 g/mol. The summed E-state index contributed by atoms with van der Waals surface area (Å²) in [7, 11) is 4.46. The molecule has 0 atom stereocenters. The van der Waals surface area contributed by atoms with Crippen molar-refractivity contribution in [3.8, 4) is 11.1 Å². The molecule has 2 heterocycles. The summed E-state index contributed by atoms with van der Waals surface area (Å²) in [6.45, 7) is 11.7. The Balaban J connectivity index is 1.32. The largest absolute Gasteiger partial charge is 0.305 e. The van der Waals surface area contributed by atoms with Gasteiger partial charge in [0.05, 0.1) is 0 Å². The van der Waals surface area contributed by atoms with Crippen molar-refractivity contribution in [2.45, 2.75) is 25.9 Å². The molecule has 0 spiro atoms. The van der Waals surface area contributed by atoms with E-state index in [-0.39, 0.29) is 0 Å². The van der Waals surface area contributed by atoms with Crippen molar-refractivity contribution in [2.24, 2.45) is 0 Å². The molecule has 2 fully saturated rings. The Morgan fingerprint density at radius 1 is 0.500 bits per heavy atom. The number of hydrogen-bond acceptors (Lipinski definition) is 4. The first kappa shape index (κ1) is 21.5. The minimum Gasteiger partial charge on any atom is -0.305 e. The summed E-state index contributed by atoms with van der Waals surface area (Å²) >= 11 is 0. The Labute approximate surface area is 183 Å². The van der Waals surface area contributed by atoms with Gasteiger partial charge in [0.1, 0.15) is 0 Å². The van der Waals surface area contributed by atoms with Gasteiger partial charge in [-0.1, -0.05) is 48.5 Å². The van der Waals surface area contributed by atoms with Crippen molar-refractivity contribution in [2.75, 3.05) is 66.5 Å². The van der Waals surface area contributed by atoms with Crippen LogP contribution in [-0.2, 0) is 13.1 Å². The average Bonchev–Trinajstić information content (AvgIpc) is 3.09. The van der Waals surface area contributed by atoms with E-state index in [1.807, 2.05) is 0 Å². The molecule has 0 aliphatic carbocycles. The fourth-order valence-electron chi connectivity index (χ4n) is 4.64. The van der Waals surface area contributed by atoms with E-state index in [1.54, 1.807) is 0 Å². The lowest BCUT2D eigenvalue weighted by Gasteiger charge is -2.20. The third-order valence-corrected chi connectivity index (χ3v) is 6.68. The summed E-state index contributed by atoms with van der Waals surface area (Å²) in [6.07, 6.45) is 2.55. The van der Waals surface area contributed by atoms with Crippen molar-refractivity contribution >= 4 is 0 Å². The number of benzene rings is 2. The Morgan fingerprint density at radius 3 is 1.30 bits per heavy atom. The van der Waals surface area contributed by atoms with Gasteiger partial charge in [-0.3, -0.25) is 9.80 Å². The van der Waals surface area contributed by atoms with Gasteiger partial charge in [-0.05, 0) is 75.4 Å². The van der Waals surface area contributed by atoms with Crippen LogP contribution in [0, 0.1) is 0 Å². The predicted molar refractivity (Wildman–Crippen MR) is 127 cm³/mol. The lowest BCUT2D eigenvalue weighted by Crippen LogP contribution is -2.28. The standard InChI is InChI=1S/C26H38N4/c1-27-13-3-15-29(19-17-27)21-23-5-9-25(10-6-23)26-11-7-24(8-12-26)22-30-16-4-14-28(2)18-20-30/h5-12H,3-4,13-22H2,1-2H3. The zero-order valence-electron chi connectivity index (χ0n) is 18.9. The first-order valence-corrected chi connectivity index (χ1v) is 11.7. The van der Waals surface area contributed by atoms with Gasteiger partial charge < -0.3 is 9.80 Å². The van der Waals surface area contributed by atoms with Crippen LogP contribution in [0.4, 0.5) is 0 Å². The van der Waals surface area contributed by atoms with E-state index < -0.39 is 0 Å². The zero-order valence-corrected chi connectivity index (χ0v) is 18.9. The highest BCUT2D eigenvalue weighted by Gasteiger charge is 2.13. The van der Waals surface area contributed by atoms with Gasteiger partial charge >= 0.3 is 0 Å². The molecule has 2 aliphatic heterocycles. The zero-order chi connectivity index (χ0) is 20.8. The summed E-state index contributed by atoms with van der Waals surface area (Å²) in [5.41, 5.74) is 5.48. The van der Waals surface area contributed by atoms with Crippen LogP contribution in [0.25, 0.3) is 11.1 Å². The Bertz CT molecular complexity index is 703. The van der Waals surface area contributed by atoms with Gasteiger partial charge in [0, 0.05) is 39.3 Å². The van der Waals surface area contributed by atoms with E-state index in [4.69, 9.17) is 0 Å². The third-order valence-electron chi connectivity index (χ3n) is 6.68. The maximum Gasteiger partial charge on any atom is 0.0234 e. The van der Waals surface area contributed by atoms with Crippen LogP contribution in [0.1, 0.15) is 24.0 Å². The molecule has 2 aliphatic rings. The number of rotatable bonds is 5. The molecule has 0 N–H and O–H groups in total. The number of nitrogens with zero attached hydrogens (tertiary/aromatic N) is 4. The molecule has 162 valence electrons. The summed E-state index contributed by atoms with van der Waals surface area (Å²) in [4.78, 5) is 10.1. The van der Waals surface area contributed by atoms with Crippen molar-refractivity contribution in [3.63, 3.8) is 0 Å². The van der Waals surface area contributed by atoms with Gasteiger partial charge in [-0.15, -0.1) is 0 Å².